The summed E-state index contributed by atoms with van der Waals surface area (Å²) < 4.78 is 10.2. The van der Waals surface area contributed by atoms with E-state index >= 15 is 0 Å². The summed E-state index contributed by atoms with van der Waals surface area (Å²) in [6.07, 6.45) is 3.91. The molecule has 1 N–H and O–H groups in total. The Balaban J connectivity index is 1.80. The normalized spacial score (nSPS) is 43.1. The predicted octanol–water partition coefficient (Wildman–Crippen LogP) is 0.664. The van der Waals surface area contributed by atoms with Crippen LogP contribution in [0.4, 0.5) is 4.79 Å². The molecule has 86 valence electrons. The van der Waals surface area contributed by atoms with Gasteiger partial charge in [-0.05, 0) is 18.3 Å². The fourth-order valence-corrected chi connectivity index (χ4v) is 3.10. The number of cyclic esters (lactones) is 1. The molecule has 1 amide bonds. The number of carbonyl (C=O) groups excluding carboxylic acids is 2. The van der Waals surface area contributed by atoms with E-state index in [4.69, 9.17) is 9.47 Å². The molecule has 2 fully saturated rings. The molecule has 3 aliphatic rings. The first-order chi connectivity index (χ1) is 7.70. The van der Waals surface area contributed by atoms with Crippen LogP contribution in [0.2, 0.25) is 0 Å². The van der Waals surface area contributed by atoms with Gasteiger partial charge in [-0.15, -0.1) is 0 Å². The van der Waals surface area contributed by atoms with E-state index in [1.807, 2.05) is 0 Å². The molecule has 0 aromatic heterocycles. The SMILES string of the molecule is CNC(=O)O[C@@H]1OC(=O)[C@@H]2[C@H]1[C@@H]1C=C[C@H]2C1. The number of hydrogen-bond donors (Lipinski definition) is 1. The van der Waals surface area contributed by atoms with E-state index < -0.39 is 12.4 Å². The van der Waals surface area contributed by atoms with E-state index in [9.17, 15) is 9.59 Å². The Labute approximate surface area is 92.8 Å². The fraction of sp³-hybridized carbons (Fsp3) is 0.636. The minimum atomic E-state index is -0.711. The van der Waals surface area contributed by atoms with Crippen LogP contribution in [0.3, 0.4) is 0 Å². The van der Waals surface area contributed by atoms with Gasteiger partial charge in [-0.1, -0.05) is 12.2 Å². The lowest BCUT2D eigenvalue weighted by Gasteiger charge is -2.21. The number of rotatable bonds is 1. The van der Waals surface area contributed by atoms with Gasteiger partial charge in [0.25, 0.3) is 6.29 Å². The van der Waals surface area contributed by atoms with Crippen molar-refractivity contribution >= 4 is 12.1 Å². The third-order valence-electron chi connectivity index (χ3n) is 3.77. The van der Waals surface area contributed by atoms with Gasteiger partial charge in [-0.3, -0.25) is 4.79 Å². The summed E-state index contributed by atoms with van der Waals surface area (Å²) in [5.41, 5.74) is 0. The minimum Gasteiger partial charge on any atom is -0.424 e. The average molecular weight is 223 g/mol. The Hall–Kier alpha value is -1.52. The van der Waals surface area contributed by atoms with Gasteiger partial charge in [0, 0.05) is 7.05 Å². The van der Waals surface area contributed by atoms with Crippen molar-refractivity contribution in [3.63, 3.8) is 0 Å². The molecule has 2 bridgehead atoms. The lowest BCUT2D eigenvalue weighted by atomic mass is 9.85. The Bertz CT molecular complexity index is 378. The van der Waals surface area contributed by atoms with Crippen LogP contribution in [0.15, 0.2) is 12.2 Å². The van der Waals surface area contributed by atoms with Crippen LogP contribution >= 0.6 is 0 Å². The second kappa shape index (κ2) is 3.23. The molecule has 5 heteroatoms. The van der Waals surface area contributed by atoms with Gasteiger partial charge in [0.1, 0.15) is 0 Å². The number of nitrogens with one attached hydrogen (secondary N) is 1. The zero-order valence-electron chi connectivity index (χ0n) is 8.88. The van der Waals surface area contributed by atoms with E-state index in [1.54, 1.807) is 0 Å². The highest BCUT2D eigenvalue weighted by atomic mass is 16.7. The van der Waals surface area contributed by atoms with Gasteiger partial charge in [-0.25, -0.2) is 4.79 Å². The number of esters is 1. The third-order valence-corrected chi connectivity index (χ3v) is 3.77. The molecule has 1 aliphatic heterocycles. The van der Waals surface area contributed by atoms with Crippen LogP contribution in [0.5, 0.6) is 0 Å². The molecule has 0 unspecified atom stereocenters. The number of amides is 1. The van der Waals surface area contributed by atoms with Crippen LogP contribution in [0.25, 0.3) is 0 Å². The van der Waals surface area contributed by atoms with Gasteiger partial charge in [0.15, 0.2) is 0 Å². The summed E-state index contributed by atoms with van der Waals surface area (Å²) in [6.45, 7) is 0. The molecule has 1 saturated heterocycles. The lowest BCUT2D eigenvalue weighted by molar-refractivity contribution is -0.158. The van der Waals surface area contributed by atoms with Crippen LogP contribution in [0.1, 0.15) is 6.42 Å². The Morgan fingerprint density at radius 2 is 2.25 bits per heavy atom. The molecule has 2 aliphatic carbocycles. The van der Waals surface area contributed by atoms with Gasteiger partial charge in [-0.2, -0.15) is 0 Å². The summed E-state index contributed by atoms with van der Waals surface area (Å²) in [6, 6.07) is 0. The van der Waals surface area contributed by atoms with Crippen molar-refractivity contribution in [1.82, 2.24) is 5.32 Å². The number of hydrogen-bond acceptors (Lipinski definition) is 4. The van der Waals surface area contributed by atoms with Crippen molar-refractivity contribution in [2.45, 2.75) is 12.7 Å². The quantitative estimate of drug-likeness (QED) is 0.524. The molecule has 1 heterocycles. The first-order valence-electron chi connectivity index (χ1n) is 5.48. The highest BCUT2D eigenvalue weighted by molar-refractivity contribution is 5.77. The van der Waals surface area contributed by atoms with Crippen molar-refractivity contribution in [2.75, 3.05) is 7.05 Å². The number of carbonyl (C=O) groups is 2. The number of fused-ring (bicyclic) bond motifs is 5. The molecule has 1 saturated carbocycles. The third kappa shape index (κ3) is 1.17. The van der Waals surface area contributed by atoms with E-state index in [1.165, 1.54) is 7.05 Å². The van der Waals surface area contributed by atoms with Crippen molar-refractivity contribution in [1.29, 1.82) is 0 Å². The van der Waals surface area contributed by atoms with Gasteiger partial charge >= 0.3 is 12.1 Å². The van der Waals surface area contributed by atoms with Crippen molar-refractivity contribution in [2.24, 2.45) is 23.7 Å². The molecular formula is C11H13NO4. The lowest BCUT2D eigenvalue weighted by Crippen LogP contribution is -2.32. The second-order valence-electron chi connectivity index (χ2n) is 4.51. The maximum Gasteiger partial charge on any atom is 0.409 e. The molecule has 16 heavy (non-hydrogen) atoms. The van der Waals surface area contributed by atoms with Crippen LogP contribution in [-0.2, 0) is 14.3 Å². The monoisotopic (exact) mass is 223 g/mol. The Morgan fingerprint density at radius 1 is 1.50 bits per heavy atom. The average Bonchev–Trinajstić information content (AvgIpc) is 2.92. The van der Waals surface area contributed by atoms with Crippen LogP contribution in [0, 0.1) is 23.7 Å². The van der Waals surface area contributed by atoms with E-state index in [0.29, 0.717) is 5.92 Å². The molecule has 3 rings (SSSR count). The molecule has 0 aromatic rings. The van der Waals surface area contributed by atoms with Crippen molar-refractivity contribution in [3.05, 3.63) is 12.2 Å². The van der Waals surface area contributed by atoms with Crippen LogP contribution in [-0.4, -0.2) is 25.4 Å². The minimum absolute atomic E-state index is 0.0137. The smallest absolute Gasteiger partial charge is 0.409 e. The van der Waals surface area contributed by atoms with Gasteiger partial charge in [0.2, 0.25) is 0 Å². The zero-order chi connectivity index (χ0) is 11.3. The molecular weight excluding hydrogens is 210 g/mol. The van der Waals surface area contributed by atoms with Gasteiger partial charge in [0.05, 0.1) is 11.8 Å². The Morgan fingerprint density at radius 3 is 3.00 bits per heavy atom. The molecule has 5 atom stereocenters. The second-order valence-corrected chi connectivity index (χ2v) is 4.51. The van der Waals surface area contributed by atoms with Crippen molar-refractivity contribution < 1.29 is 19.1 Å². The highest BCUT2D eigenvalue weighted by Crippen LogP contribution is 2.53. The maximum absolute atomic E-state index is 11.7. The van der Waals surface area contributed by atoms with Gasteiger partial charge < -0.3 is 14.8 Å². The molecule has 0 spiro atoms. The number of alkyl carbamates (subject to hydrolysis) is 1. The Kier molecular flexibility index (Phi) is 1.96. The van der Waals surface area contributed by atoms with E-state index in [-0.39, 0.29) is 23.7 Å². The fourth-order valence-electron chi connectivity index (χ4n) is 3.10. The summed E-state index contributed by atoms with van der Waals surface area (Å²) >= 11 is 0. The molecule has 0 radical (unpaired) electrons. The zero-order valence-corrected chi connectivity index (χ0v) is 8.88. The van der Waals surface area contributed by atoms with Crippen LogP contribution < -0.4 is 5.32 Å². The summed E-state index contributed by atoms with van der Waals surface area (Å²) in [5, 5.41) is 2.36. The highest BCUT2D eigenvalue weighted by Gasteiger charge is 2.59. The molecule has 5 nitrogen and oxygen atoms in total. The molecule has 0 aromatic carbocycles. The maximum atomic E-state index is 11.7. The standard InChI is InChI=1S/C11H13NO4/c1-12-11(14)16-10-8-6-3-2-5(4-6)7(8)9(13)15-10/h2-3,5-8,10H,4H2,1H3,(H,12,14)/t5-,6+,7-,8+,10-/m0/s1. The van der Waals surface area contributed by atoms with E-state index in [2.05, 4.69) is 17.5 Å². The van der Waals surface area contributed by atoms with E-state index in [0.717, 1.165) is 6.42 Å². The first kappa shape index (κ1) is 9.69. The summed E-state index contributed by atoms with van der Waals surface area (Å²) in [7, 11) is 1.48. The topological polar surface area (TPSA) is 64.6 Å². The van der Waals surface area contributed by atoms with Crippen molar-refractivity contribution in [3.8, 4) is 0 Å². The first-order valence-corrected chi connectivity index (χ1v) is 5.48. The number of ether oxygens (including phenoxy) is 2. The summed E-state index contributed by atoms with van der Waals surface area (Å²) in [5.74, 6) is 0.275. The number of allylic oxidation sites excluding steroid dienone is 2. The predicted molar refractivity (Wildman–Crippen MR) is 53.1 cm³/mol. The largest absolute Gasteiger partial charge is 0.424 e. The summed E-state index contributed by atoms with van der Waals surface area (Å²) in [4.78, 5) is 22.8.